The number of hydrogen-bond acceptors (Lipinski definition) is 5. The summed E-state index contributed by atoms with van der Waals surface area (Å²) in [6.45, 7) is 4.54. The van der Waals surface area contributed by atoms with E-state index in [1.54, 1.807) is 12.4 Å². The molecule has 2 aliphatic rings. The van der Waals surface area contributed by atoms with Crippen LogP contribution in [0.2, 0.25) is 0 Å². The van der Waals surface area contributed by atoms with E-state index >= 15 is 0 Å². The van der Waals surface area contributed by atoms with Crippen molar-refractivity contribution in [3.8, 4) is 0 Å². The van der Waals surface area contributed by atoms with E-state index in [1.165, 1.54) is 11.1 Å². The molecule has 0 unspecified atom stereocenters. The highest BCUT2D eigenvalue weighted by Crippen LogP contribution is 2.43. The van der Waals surface area contributed by atoms with Crippen LogP contribution in [0, 0.1) is 5.41 Å². The van der Waals surface area contributed by atoms with Crippen molar-refractivity contribution in [2.45, 2.75) is 38.3 Å². The number of nitrogens with zero attached hydrogens (tertiary/aromatic N) is 4. The van der Waals surface area contributed by atoms with Crippen LogP contribution in [0.1, 0.15) is 30.4 Å². The molecule has 0 spiro atoms. The summed E-state index contributed by atoms with van der Waals surface area (Å²) in [5.41, 5.74) is 2.19. The van der Waals surface area contributed by atoms with Gasteiger partial charge in [-0.15, -0.1) is 0 Å². The smallest absolute Gasteiger partial charge is 0.227 e. The first-order chi connectivity index (χ1) is 14.2. The Bertz CT molecular complexity index is 799. The lowest BCUT2D eigenvalue weighted by Crippen LogP contribution is -2.65. The maximum atomic E-state index is 13.5. The third-order valence-corrected chi connectivity index (χ3v) is 6.61. The quantitative estimate of drug-likeness (QED) is 0.815. The number of likely N-dealkylation sites (tertiary alicyclic amines) is 2. The molecule has 6 heteroatoms. The van der Waals surface area contributed by atoms with E-state index in [2.05, 4.69) is 44.3 Å². The summed E-state index contributed by atoms with van der Waals surface area (Å²) in [7, 11) is 2.17. The first-order valence-corrected chi connectivity index (χ1v) is 10.7. The fourth-order valence-corrected chi connectivity index (χ4v) is 4.96. The normalized spacial score (nSPS) is 25.3. The minimum atomic E-state index is -0.282. The third-order valence-electron chi connectivity index (χ3n) is 6.61. The molecule has 2 aromatic rings. The zero-order valence-electron chi connectivity index (χ0n) is 17.3. The van der Waals surface area contributed by atoms with Gasteiger partial charge < -0.3 is 10.2 Å². The van der Waals surface area contributed by atoms with Crippen molar-refractivity contribution in [2.75, 3.05) is 33.2 Å². The molecule has 0 aliphatic carbocycles. The zero-order chi connectivity index (χ0) is 20.1. The second-order valence-electron chi connectivity index (χ2n) is 8.48. The monoisotopic (exact) mass is 393 g/mol. The van der Waals surface area contributed by atoms with Crippen LogP contribution >= 0.6 is 0 Å². The van der Waals surface area contributed by atoms with Crippen LogP contribution in [0.4, 0.5) is 0 Å². The molecule has 4 rings (SSSR count). The topological polar surface area (TPSA) is 61.4 Å². The molecule has 2 aliphatic heterocycles. The molecule has 0 bridgehead atoms. The second kappa shape index (κ2) is 9.01. The van der Waals surface area contributed by atoms with Gasteiger partial charge in [0.1, 0.15) is 0 Å². The lowest BCUT2D eigenvalue weighted by atomic mass is 9.67. The van der Waals surface area contributed by atoms with E-state index in [-0.39, 0.29) is 17.4 Å². The molecule has 29 heavy (non-hydrogen) atoms. The highest BCUT2D eigenvalue weighted by molar-refractivity contribution is 5.84. The molecule has 2 fully saturated rings. The van der Waals surface area contributed by atoms with Crippen LogP contribution in [0.3, 0.4) is 0 Å². The van der Waals surface area contributed by atoms with Gasteiger partial charge in [-0.25, -0.2) is 0 Å². The van der Waals surface area contributed by atoms with Crippen LogP contribution in [0.25, 0.3) is 0 Å². The van der Waals surface area contributed by atoms with Crippen molar-refractivity contribution in [3.05, 3.63) is 60.2 Å². The summed E-state index contributed by atoms with van der Waals surface area (Å²) in [6.07, 6.45) is 11.2. The molecular weight excluding hydrogens is 362 g/mol. The number of rotatable bonds is 6. The molecule has 2 saturated heterocycles. The summed E-state index contributed by atoms with van der Waals surface area (Å²) in [5, 5.41) is 3.28. The zero-order valence-corrected chi connectivity index (χ0v) is 17.3. The van der Waals surface area contributed by atoms with Crippen molar-refractivity contribution >= 4 is 5.91 Å². The molecule has 0 radical (unpaired) electrons. The number of likely N-dealkylation sites (N-methyl/N-ethyl adjacent to an activating group) is 1. The van der Waals surface area contributed by atoms with Gasteiger partial charge in [-0.2, -0.15) is 0 Å². The van der Waals surface area contributed by atoms with Crippen LogP contribution in [0.5, 0.6) is 0 Å². The van der Waals surface area contributed by atoms with E-state index in [0.29, 0.717) is 6.54 Å². The minimum absolute atomic E-state index is 0.240. The predicted molar refractivity (Wildman–Crippen MR) is 113 cm³/mol. The number of piperidine rings is 2. The Morgan fingerprint density at radius 3 is 2.48 bits per heavy atom. The Labute approximate surface area is 173 Å². The first-order valence-electron chi connectivity index (χ1n) is 10.7. The lowest BCUT2D eigenvalue weighted by molar-refractivity contribution is -0.145. The average Bonchev–Trinajstić information content (AvgIpc) is 2.76. The van der Waals surface area contributed by atoms with E-state index in [9.17, 15) is 4.79 Å². The van der Waals surface area contributed by atoms with Crippen molar-refractivity contribution < 1.29 is 4.79 Å². The van der Waals surface area contributed by atoms with Gasteiger partial charge in [-0.05, 0) is 81.2 Å². The number of fused-ring (bicyclic) bond motifs is 1. The number of hydrogen-bond donors (Lipinski definition) is 1. The van der Waals surface area contributed by atoms with Gasteiger partial charge >= 0.3 is 0 Å². The van der Waals surface area contributed by atoms with Gasteiger partial charge in [0.2, 0.25) is 5.91 Å². The summed E-state index contributed by atoms with van der Waals surface area (Å²) >= 11 is 0. The lowest BCUT2D eigenvalue weighted by Gasteiger charge is -2.53. The SMILES string of the molecule is CN1CC[C@]2(C(=O)NCCc3ccncc3)CCCN(Cc3ccncc3)[C@H]2C1. The molecule has 0 saturated carbocycles. The molecule has 1 amide bonds. The molecule has 0 aromatic carbocycles. The van der Waals surface area contributed by atoms with Gasteiger partial charge in [-0.3, -0.25) is 19.7 Å². The minimum Gasteiger partial charge on any atom is -0.355 e. The van der Waals surface area contributed by atoms with Crippen LogP contribution in [-0.2, 0) is 17.8 Å². The molecule has 1 N–H and O–H groups in total. The summed E-state index contributed by atoms with van der Waals surface area (Å²) in [6, 6.07) is 8.44. The van der Waals surface area contributed by atoms with Gasteiger partial charge in [0.05, 0.1) is 5.41 Å². The Balaban J connectivity index is 1.46. The maximum absolute atomic E-state index is 13.5. The maximum Gasteiger partial charge on any atom is 0.227 e. The molecule has 2 atom stereocenters. The highest BCUT2D eigenvalue weighted by Gasteiger charge is 2.51. The summed E-state index contributed by atoms with van der Waals surface area (Å²) < 4.78 is 0. The molecular formula is C23H31N5O. The standard InChI is InChI=1S/C23H31N5O/c1-27-16-9-23(22(29)26-14-7-19-3-10-24-11-4-19)8-2-15-28(21(23)18-27)17-20-5-12-25-13-6-20/h3-6,10-13,21H,2,7-9,14-18H2,1H3,(H,26,29)/t21-,23+/m0/s1. The third kappa shape index (κ3) is 4.49. The highest BCUT2D eigenvalue weighted by atomic mass is 16.2. The molecule has 2 aromatic heterocycles. The Kier molecular flexibility index (Phi) is 6.21. The van der Waals surface area contributed by atoms with Crippen molar-refractivity contribution in [1.29, 1.82) is 0 Å². The van der Waals surface area contributed by atoms with Crippen molar-refractivity contribution in [3.63, 3.8) is 0 Å². The molecule has 154 valence electrons. The number of aromatic nitrogens is 2. The van der Waals surface area contributed by atoms with E-state index in [4.69, 9.17) is 0 Å². The van der Waals surface area contributed by atoms with Crippen molar-refractivity contribution in [1.82, 2.24) is 25.1 Å². The first kappa shape index (κ1) is 20.0. The predicted octanol–water partition coefficient (Wildman–Crippen LogP) is 2.12. The number of carbonyl (C=O) groups is 1. The Morgan fingerprint density at radius 2 is 1.76 bits per heavy atom. The number of carbonyl (C=O) groups excluding carboxylic acids is 1. The van der Waals surface area contributed by atoms with Crippen molar-refractivity contribution in [2.24, 2.45) is 5.41 Å². The van der Waals surface area contributed by atoms with E-state index in [0.717, 1.165) is 51.9 Å². The van der Waals surface area contributed by atoms with Gasteiger partial charge in [0, 0.05) is 50.5 Å². The fraction of sp³-hybridized carbons (Fsp3) is 0.522. The Hall–Kier alpha value is -2.31. The number of amides is 1. The number of nitrogens with one attached hydrogen (secondary N) is 1. The molecule has 4 heterocycles. The van der Waals surface area contributed by atoms with Gasteiger partial charge in [0.25, 0.3) is 0 Å². The Morgan fingerprint density at radius 1 is 1.07 bits per heavy atom. The largest absolute Gasteiger partial charge is 0.355 e. The average molecular weight is 394 g/mol. The van der Waals surface area contributed by atoms with Gasteiger partial charge in [-0.1, -0.05) is 0 Å². The summed E-state index contributed by atoms with van der Waals surface area (Å²) in [4.78, 5) is 26.6. The summed E-state index contributed by atoms with van der Waals surface area (Å²) in [5.74, 6) is 0.240. The molecule has 6 nitrogen and oxygen atoms in total. The fourth-order valence-electron chi connectivity index (χ4n) is 4.96. The van der Waals surface area contributed by atoms with Crippen LogP contribution in [-0.4, -0.2) is 64.9 Å². The van der Waals surface area contributed by atoms with Gasteiger partial charge in [0.15, 0.2) is 0 Å². The second-order valence-corrected chi connectivity index (χ2v) is 8.48. The van der Waals surface area contributed by atoms with Crippen LogP contribution in [0.15, 0.2) is 49.1 Å². The van der Waals surface area contributed by atoms with E-state index in [1.807, 2.05) is 24.5 Å². The van der Waals surface area contributed by atoms with E-state index < -0.39 is 0 Å². The number of pyridine rings is 2. The van der Waals surface area contributed by atoms with Crippen LogP contribution < -0.4 is 5.32 Å².